The summed E-state index contributed by atoms with van der Waals surface area (Å²) in [6.45, 7) is 6.15. The van der Waals surface area contributed by atoms with E-state index in [4.69, 9.17) is 5.14 Å². The van der Waals surface area contributed by atoms with Gasteiger partial charge >= 0.3 is 0 Å². The van der Waals surface area contributed by atoms with Crippen LogP contribution in [0.2, 0.25) is 0 Å². The van der Waals surface area contributed by atoms with E-state index in [0.717, 1.165) is 11.1 Å². The summed E-state index contributed by atoms with van der Waals surface area (Å²) in [5, 5.41) is 8.28. The van der Waals surface area contributed by atoms with Crippen LogP contribution in [0, 0.1) is 5.82 Å². The average molecular weight is 451 g/mol. The Labute approximate surface area is 178 Å². The predicted molar refractivity (Wildman–Crippen MR) is 115 cm³/mol. The molecule has 160 valence electrons. The van der Waals surface area contributed by atoms with Gasteiger partial charge in [-0.3, -0.25) is 4.79 Å². The normalized spacial score (nSPS) is 13.9. The number of nitrogens with two attached hydrogens (primary N) is 1. The van der Waals surface area contributed by atoms with Crippen LogP contribution >= 0.6 is 11.8 Å². The lowest BCUT2D eigenvalue weighted by molar-refractivity contribution is -0.120. The van der Waals surface area contributed by atoms with E-state index in [1.807, 2.05) is 18.4 Å². The summed E-state index contributed by atoms with van der Waals surface area (Å²) in [6, 6.07) is 10.3. The molecule has 7 nitrogen and oxygen atoms in total. The average Bonchev–Trinajstić information content (AvgIpc) is 3.03. The van der Waals surface area contributed by atoms with Crippen LogP contribution in [0.4, 0.5) is 4.39 Å². The molecule has 0 bridgehead atoms. The molecule has 2 aromatic carbocycles. The zero-order valence-electron chi connectivity index (χ0n) is 16.8. The molecule has 0 unspecified atom stereocenters. The summed E-state index contributed by atoms with van der Waals surface area (Å²) >= 11 is 1.28. The lowest BCUT2D eigenvalue weighted by Crippen LogP contribution is -2.33. The molecule has 0 aliphatic carbocycles. The summed E-state index contributed by atoms with van der Waals surface area (Å²) in [5.74, 6) is -0.512. The van der Waals surface area contributed by atoms with Crippen molar-refractivity contribution < 1.29 is 17.6 Å². The van der Waals surface area contributed by atoms with Crippen molar-refractivity contribution in [3.05, 3.63) is 53.8 Å². The molecule has 0 saturated heterocycles. The first-order valence-corrected chi connectivity index (χ1v) is 11.8. The van der Waals surface area contributed by atoms with Gasteiger partial charge in [0.2, 0.25) is 15.9 Å². The Bertz CT molecular complexity index is 1180. The fourth-order valence-electron chi connectivity index (χ4n) is 3.04. The highest BCUT2D eigenvalue weighted by Gasteiger charge is 2.21. The Morgan fingerprint density at radius 3 is 2.50 bits per heavy atom. The molecule has 1 heterocycles. The van der Waals surface area contributed by atoms with Gasteiger partial charge in [-0.05, 0) is 56.7 Å². The number of rotatable bonds is 7. The van der Waals surface area contributed by atoms with E-state index >= 15 is 0 Å². The third-order valence-electron chi connectivity index (χ3n) is 4.71. The monoisotopic (exact) mass is 450 g/mol. The number of carbonyl (C=O) groups is 1. The number of fused-ring (bicyclic) bond motifs is 1. The van der Waals surface area contributed by atoms with Gasteiger partial charge in [0.1, 0.15) is 5.82 Å². The van der Waals surface area contributed by atoms with Gasteiger partial charge < -0.3 is 9.88 Å². The number of hydrogen-bond acceptors (Lipinski definition) is 5. The van der Waals surface area contributed by atoms with Crippen LogP contribution in [0.3, 0.4) is 0 Å². The Morgan fingerprint density at radius 1 is 1.23 bits per heavy atom. The highest BCUT2D eigenvalue weighted by Crippen LogP contribution is 2.29. The van der Waals surface area contributed by atoms with E-state index in [2.05, 4.69) is 10.3 Å². The van der Waals surface area contributed by atoms with E-state index in [-0.39, 0.29) is 22.7 Å². The first kappa shape index (κ1) is 22.3. The minimum atomic E-state index is -3.83. The van der Waals surface area contributed by atoms with Crippen molar-refractivity contribution in [3.8, 4) is 0 Å². The molecule has 3 rings (SSSR count). The van der Waals surface area contributed by atoms with Gasteiger partial charge in [-0.2, -0.15) is 0 Å². The van der Waals surface area contributed by atoms with Crippen molar-refractivity contribution in [3.63, 3.8) is 0 Å². The van der Waals surface area contributed by atoms with Crippen LogP contribution in [0.15, 0.2) is 52.5 Å². The number of imidazole rings is 1. The van der Waals surface area contributed by atoms with Crippen LogP contribution in [-0.4, -0.2) is 29.1 Å². The molecule has 0 fully saturated rings. The number of halogens is 1. The minimum absolute atomic E-state index is 0.00813. The standard InChI is InChI=1S/C20H23FN4O3S2/c1-4-25-18-10-9-16(30(22,27)28)11-17(18)24-20(25)29-13(3)19(26)23-12(2)14-5-7-15(21)8-6-14/h5-13H,4H2,1-3H3,(H,23,26)(H2,22,27,28)/t12-,13-/m0/s1. The highest BCUT2D eigenvalue weighted by molar-refractivity contribution is 8.00. The molecule has 3 N–H and O–H groups in total. The number of hydrogen-bond donors (Lipinski definition) is 2. The second-order valence-corrected chi connectivity index (χ2v) is 9.75. The van der Waals surface area contributed by atoms with Crippen molar-refractivity contribution >= 4 is 38.7 Å². The van der Waals surface area contributed by atoms with Crippen LogP contribution < -0.4 is 10.5 Å². The van der Waals surface area contributed by atoms with Crippen LogP contribution in [-0.2, 0) is 21.4 Å². The molecular formula is C20H23FN4O3S2. The molecule has 1 amide bonds. The molecule has 0 aliphatic heterocycles. The van der Waals surface area contributed by atoms with Crippen molar-refractivity contribution in [1.82, 2.24) is 14.9 Å². The second-order valence-electron chi connectivity index (χ2n) is 6.88. The van der Waals surface area contributed by atoms with E-state index in [0.29, 0.717) is 17.2 Å². The van der Waals surface area contributed by atoms with E-state index in [9.17, 15) is 17.6 Å². The van der Waals surface area contributed by atoms with Crippen molar-refractivity contribution in [2.24, 2.45) is 5.14 Å². The Kier molecular flexibility index (Phi) is 6.49. The number of sulfonamides is 1. The van der Waals surface area contributed by atoms with E-state index < -0.39 is 15.3 Å². The molecule has 3 aromatic rings. The minimum Gasteiger partial charge on any atom is -0.349 e. The van der Waals surface area contributed by atoms with Gasteiger partial charge in [-0.25, -0.2) is 22.9 Å². The molecule has 1 aromatic heterocycles. The molecule has 2 atom stereocenters. The van der Waals surface area contributed by atoms with Crippen molar-refractivity contribution in [2.45, 2.75) is 48.7 Å². The molecular weight excluding hydrogens is 427 g/mol. The molecule has 30 heavy (non-hydrogen) atoms. The van der Waals surface area contributed by atoms with E-state index in [1.54, 1.807) is 25.1 Å². The zero-order chi connectivity index (χ0) is 22.1. The maximum absolute atomic E-state index is 13.1. The maximum atomic E-state index is 13.1. The first-order chi connectivity index (χ1) is 14.1. The lowest BCUT2D eigenvalue weighted by atomic mass is 10.1. The third kappa shape index (κ3) is 4.82. The van der Waals surface area contributed by atoms with Gasteiger partial charge in [0, 0.05) is 6.54 Å². The first-order valence-electron chi connectivity index (χ1n) is 9.35. The number of thioether (sulfide) groups is 1. The number of primary sulfonamides is 1. The molecule has 10 heteroatoms. The summed E-state index contributed by atoms with van der Waals surface area (Å²) in [7, 11) is -3.83. The second kappa shape index (κ2) is 8.75. The molecule has 0 saturated carbocycles. The SMILES string of the molecule is CCn1c(S[C@@H](C)C(=O)N[C@@H](C)c2ccc(F)cc2)nc2cc(S(N)(=O)=O)ccc21. The van der Waals surface area contributed by atoms with Crippen LogP contribution in [0.5, 0.6) is 0 Å². The number of carbonyl (C=O) groups excluding carboxylic acids is 1. The zero-order valence-corrected chi connectivity index (χ0v) is 18.4. The molecule has 0 spiro atoms. The van der Waals surface area contributed by atoms with E-state index in [1.165, 1.54) is 36.0 Å². The number of aryl methyl sites for hydroxylation is 1. The fourth-order valence-corrected chi connectivity index (χ4v) is 4.57. The maximum Gasteiger partial charge on any atom is 0.238 e. The number of amides is 1. The quantitative estimate of drug-likeness (QED) is 0.538. The topological polar surface area (TPSA) is 107 Å². The Morgan fingerprint density at radius 2 is 1.90 bits per heavy atom. The summed E-state index contributed by atoms with van der Waals surface area (Å²) in [4.78, 5) is 17.2. The lowest BCUT2D eigenvalue weighted by Gasteiger charge is -2.18. The van der Waals surface area contributed by atoms with Gasteiger partial charge in [-0.1, -0.05) is 23.9 Å². The fraction of sp³-hybridized carbons (Fsp3) is 0.300. The summed E-state index contributed by atoms with van der Waals surface area (Å²) in [5.41, 5.74) is 2.07. The van der Waals surface area contributed by atoms with Crippen LogP contribution in [0.25, 0.3) is 11.0 Å². The Balaban J connectivity index is 1.78. The van der Waals surface area contributed by atoms with Gasteiger partial charge in [0.25, 0.3) is 0 Å². The number of aromatic nitrogens is 2. The van der Waals surface area contributed by atoms with Crippen molar-refractivity contribution in [1.29, 1.82) is 0 Å². The predicted octanol–water partition coefficient (Wildman–Crippen LogP) is 3.20. The number of nitrogens with one attached hydrogen (secondary N) is 1. The Hall–Kier alpha value is -2.43. The van der Waals surface area contributed by atoms with Crippen molar-refractivity contribution in [2.75, 3.05) is 0 Å². The smallest absolute Gasteiger partial charge is 0.238 e. The van der Waals surface area contributed by atoms with Gasteiger partial charge in [0.15, 0.2) is 5.16 Å². The largest absolute Gasteiger partial charge is 0.349 e. The number of nitrogens with zero attached hydrogens (tertiary/aromatic N) is 2. The summed E-state index contributed by atoms with van der Waals surface area (Å²) < 4.78 is 38.2. The van der Waals surface area contributed by atoms with Gasteiger partial charge in [-0.15, -0.1) is 0 Å². The summed E-state index contributed by atoms with van der Waals surface area (Å²) in [6.07, 6.45) is 0. The molecule has 0 aliphatic rings. The van der Waals surface area contributed by atoms with Gasteiger partial charge in [0.05, 0.1) is 27.2 Å². The highest BCUT2D eigenvalue weighted by atomic mass is 32.2. The third-order valence-corrected chi connectivity index (χ3v) is 6.71. The van der Waals surface area contributed by atoms with Crippen LogP contribution in [0.1, 0.15) is 32.4 Å². The number of benzene rings is 2. The molecule has 0 radical (unpaired) electrons.